The number of nitrogens with two attached hydrogens (primary N) is 1. The third-order valence-corrected chi connectivity index (χ3v) is 4.79. The van der Waals surface area contributed by atoms with E-state index in [0.29, 0.717) is 0 Å². The number of hydrogen-bond donors (Lipinski definition) is 1. The van der Waals surface area contributed by atoms with Gasteiger partial charge in [-0.2, -0.15) is 5.10 Å². The van der Waals surface area contributed by atoms with E-state index >= 15 is 0 Å². The summed E-state index contributed by atoms with van der Waals surface area (Å²) in [5.74, 6) is 0. The molecule has 0 radical (unpaired) electrons. The van der Waals surface area contributed by atoms with Crippen LogP contribution in [-0.2, 0) is 13.0 Å². The molecule has 114 valence electrons. The summed E-state index contributed by atoms with van der Waals surface area (Å²) in [5.41, 5.74) is 8.97. The second-order valence-corrected chi connectivity index (χ2v) is 6.60. The number of piperidine rings is 1. The number of hydrogen-bond acceptors (Lipinski definition) is 3. The first-order valence-corrected chi connectivity index (χ1v) is 7.99. The lowest BCUT2D eigenvalue weighted by molar-refractivity contribution is 0.0725. The van der Waals surface area contributed by atoms with Crippen LogP contribution in [0.1, 0.15) is 51.4 Å². The summed E-state index contributed by atoms with van der Waals surface area (Å²) in [6, 6.07) is 2.32. The molecule has 1 aliphatic rings. The first-order valence-electron chi connectivity index (χ1n) is 7.99. The van der Waals surface area contributed by atoms with Crippen molar-refractivity contribution in [2.45, 2.75) is 71.5 Å². The summed E-state index contributed by atoms with van der Waals surface area (Å²) < 4.78 is 2.08. The molecule has 0 amide bonds. The Balaban J connectivity index is 2.07. The zero-order valence-corrected chi connectivity index (χ0v) is 13.5. The van der Waals surface area contributed by atoms with Crippen LogP contribution in [0.2, 0.25) is 0 Å². The van der Waals surface area contributed by atoms with Gasteiger partial charge in [-0.1, -0.05) is 6.42 Å². The minimum atomic E-state index is 0.0527. The molecule has 0 aliphatic carbocycles. The van der Waals surface area contributed by atoms with Gasteiger partial charge in [-0.15, -0.1) is 0 Å². The van der Waals surface area contributed by atoms with Gasteiger partial charge < -0.3 is 5.73 Å². The van der Waals surface area contributed by atoms with Crippen LogP contribution in [0.5, 0.6) is 0 Å². The standard InChI is InChI=1S/C16H30N4/c1-5-20-14(11-13(2)18-20)12-15(17)16(3,4)19-9-7-6-8-10-19/h11,15H,5-10,12,17H2,1-4H3. The zero-order chi connectivity index (χ0) is 14.8. The Morgan fingerprint density at radius 2 is 1.95 bits per heavy atom. The van der Waals surface area contributed by atoms with Crippen LogP contribution in [0.25, 0.3) is 0 Å². The van der Waals surface area contributed by atoms with Crippen LogP contribution in [0.3, 0.4) is 0 Å². The average Bonchev–Trinajstić information content (AvgIpc) is 2.79. The Labute approximate surface area is 123 Å². The van der Waals surface area contributed by atoms with Crippen LogP contribution in [0.4, 0.5) is 0 Å². The molecule has 2 rings (SSSR count). The van der Waals surface area contributed by atoms with Crippen molar-refractivity contribution in [3.63, 3.8) is 0 Å². The molecule has 1 unspecified atom stereocenters. The van der Waals surface area contributed by atoms with E-state index in [1.54, 1.807) is 0 Å². The summed E-state index contributed by atoms with van der Waals surface area (Å²) in [7, 11) is 0. The molecule has 1 aromatic rings. The van der Waals surface area contributed by atoms with Gasteiger partial charge in [0.2, 0.25) is 0 Å². The van der Waals surface area contributed by atoms with E-state index in [9.17, 15) is 0 Å². The van der Waals surface area contributed by atoms with Gasteiger partial charge in [0.25, 0.3) is 0 Å². The van der Waals surface area contributed by atoms with Crippen LogP contribution >= 0.6 is 0 Å². The van der Waals surface area contributed by atoms with Gasteiger partial charge >= 0.3 is 0 Å². The molecule has 1 fully saturated rings. The molecule has 2 heterocycles. The van der Waals surface area contributed by atoms with Crippen molar-refractivity contribution < 1.29 is 0 Å². The van der Waals surface area contributed by atoms with Gasteiger partial charge in [0.1, 0.15) is 0 Å². The van der Waals surface area contributed by atoms with Crippen molar-refractivity contribution >= 4 is 0 Å². The molecule has 1 aromatic heterocycles. The largest absolute Gasteiger partial charge is 0.326 e. The van der Waals surface area contributed by atoms with Gasteiger partial charge in [0.05, 0.1) is 5.69 Å². The second kappa shape index (κ2) is 6.27. The van der Waals surface area contributed by atoms with Crippen molar-refractivity contribution in [3.8, 4) is 0 Å². The lowest BCUT2D eigenvalue weighted by atomic mass is 9.88. The highest BCUT2D eigenvalue weighted by molar-refractivity contribution is 5.12. The maximum absolute atomic E-state index is 6.56. The van der Waals surface area contributed by atoms with Crippen molar-refractivity contribution in [3.05, 3.63) is 17.5 Å². The summed E-state index contributed by atoms with van der Waals surface area (Å²) in [5, 5.41) is 4.52. The summed E-state index contributed by atoms with van der Waals surface area (Å²) in [6.45, 7) is 12.1. The van der Waals surface area contributed by atoms with Crippen molar-refractivity contribution in [2.75, 3.05) is 13.1 Å². The fourth-order valence-corrected chi connectivity index (χ4v) is 3.22. The lowest BCUT2D eigenvalue weighted by Crippen LogP contribution is -2.58. The van der Waals surface area contributed by atoms with Gasteiger partial charge in [-0.25, -0.2) is 0 Å². The third-order valence-electron chi connectivity index (χ3n) is 4.79. The fraction of sp³-hybridized carbons (Fsp3) is 0.812. The molecule has 4 heteroatoms. The highest BCUT2D eigenvalue weighted by Crippen LogP contribution is 2.25. The Morgan fingerprint density at radius 1 is 1.30 bits per heavy atom. The van der Waals surface area contributed by atoms with Gasteiger partial charge in [-0.3, -0.25) is 9.58 Å². The molecule has 1 saturated heterocycles. The van der Waals surface area contributed by atoms with E-state index in [0.717, 1.165) is 18.7 Å². The molecule has 0 saturated carbocycles. The van der Waals surface area contributed by atoms with Crippen molar-refractivity contribution in [2.24, 2.45) is 5.73 Å². The van der Waals surface area contributed by atoms with Gasteiger partial charge in [-0.05, 0) is 59.7 Å². The zero-order valence-electron chi connectivity index (χ0n) is 13.5. The van der Waals surface area contributed by atoms with E-state index in [-0.39, 0.29) is 11.6 Å². The van der Waals surface area contributed by atoms with Crippen LogP contribution in [0, 0.1) is 6.92 Å². The van der Waals surface area contributed by atoms with E-state index < -0.39 is 0 Å². The average molecular weight is 278 g/mol. The van der Waals surface area contributed by atoms with Crippen molar-refractivity contribution in [1.82, 2.24) is 14.7 Å². The number of aromatic nitrogens is 2. The number of rotatable bonds is 5. The minimum Gasteiger partial charge on any atom is -0.326 e. The van der Waals surface area contributed by atoms with E-state index in [1.165, 1.54) is 38.0 Å². The maximum Gasteiger partial charge on any atom is 0.0596 e. The Hall–Kier alpha value is -0.870. The molecule has 0 spiro atoms. The predicted octanol–water partition coefficient (Wildman–Crippen LogP) is 2.35. The lowest BCUT2D eigenvalue weighted by Gasteiger charge is -2.44. The maximum atomic E-state index is 6.56. The van der Waals surface area contributed by atoms with Crippen LogP contribution < -0.4 is 5.73 Å². The summed E-state index contributed by atoms with van der Waals surface area (Å²) in [4.78, 5) is 2.57. The molecule has 2 N–H and O–H groups in total. The smallest absolute Gasteiger partial charge is 0.0596 e. The van der Waals surface area contributed by atoms with E-state index in [2.05, 4.69) is 48.4 Å². The second-order valence-electron chi connectivity index (χ2n) is 6.60. The Morgan fingerprint density at radius 3 is 2.55 bits per heavy atom. The monoisotopic (exact) mass is 278 g/mol. The van der Waals surface area contributed by atoms with Gasteiger partial charge in [0.15, 0.2) is 0 Å². The third kappa shape index (κ3) is 3.23. The Kier molecular flexibility index (Phi) is 4.86. The first kappa shape index (κ1) is 15.5. The van der Waals surface area contributed by atoms with E-state index in [1.807, 2.05) is 0 Å². The normalized spacial score (nSPS) is 19.2. The highest BCUT2D eigenvalue weighted by atomic mass is 15.3. The summed E-state index contributed by atoms with van der Waals surface area (Å²) in [6.07, 6.45) is 4.88. The molecule has 1 atom stereocenters. The molecular formula is C16H30N4. The van der Waals surface area contributed by atoms with Gasteiger partial charge in [0, 0.05) is 30.2 Å². The molecule has 0 bridgehead atoms. The van der Waals surface area contributed by atoms with Crippen LogP contribution in [0.15, 0.2) is 6.07 Å². The van der Waals surface area contributed by atoms with E-state index in [4.69, 9.17) is 5.73 Å². The molecule has 4 nitrogen and oxygen atoms in total. The minimum absolute atomic E-state index is 0.0527. The number of aryl methyl sites for hydroxylation is 2. The topological polar surface area (TPSA) is 47.1 Å². The van der Waals surface area contributed by atoms with Crippen molar-refractivity contribution in [1.29, 1.82) is 0 Å². The quantitative estimate of drug-likeness (QED) is 0.899. The summed E-state index contributed by atoms with van der Waals surface area (Å²) >= 11 is 0. The molecular weight excluding hydrogens is 248 g/mol. The molecule has 1 aliphatic heterocycles. The highest BCUT2D eigenvalue weighted by Gasteiger charge is 2.34. The fourth-order valence-electron chi connectivity index (χ4n) is 3.22. The SMILES string of the molecule is CCn1nc(C)cc1CC(N)C(C)(C)N1CCCCC1. The molecule has 20 heavy (non-hydrogen) atoms. The first-order chi connectivity index (χ1) is 9.45. The Bertz CT molecular complexity index is 430. The molecule has 0 aromatic carbocycles. The predicted molar refractivity (Wildman–Crippen MR) is 83.8 cm³/mol. The van der Waals surface area contributed by atoms with Crippen LogP contribution in [-0.4, -0.2) is 39.4 Å². The number of nitrogens with zero attached hydrogens (tertiary/aromatic N) is 3. The number of likely N-dealkylation sites (tertiary alicyclic amines) is 1.